The van der Waals surface area contributed by atoms with E-state index in [1.807, 2.05) is 56.9 Å². The molecule has 234 valence electrons. The summed E-state index contributed by atoms with van der Waals surface area (Å²) in [5, 5.41) is 3.79. The molecule has 0 spiro atoms. The zero-order chi connectivity index (χ0) is 32.0. The number of carbonyl (C=O) groups excluding carboxylic acids is 1. The Morgan fingerprint density at radius 3 is 2.69 bits per heavy atom. The number of fused-ring (bicyclic) bond motifs is 4. The first-order chi connectivity index (χ1) is 21.4. The number of nitrogens with one attached hydrogen (secondary N) is 1. The normalized spacial score (nSPS) is 15.4. The monoisotopic (exact) mass is 612 g/mol. The number of imidazole rings is 1. The van der Waals surface area contributed by atoms with Crippen LogP contribution in [0.5, 0.6) is 0 Å². The molecule has 5 heterocycles. The molecule has 13 nitrogen and oxygen atoms in total. The van der Waals surface area contributed by atoms with Gasteiger partial charge in [0.2, 0.25) is 5.95 Å². The van der Waals surface area contributed by atoms with Crippen LogP contribution in [0.15, 0.2) is 38.3 Å². The number of nitrogens with zero attached hydrogens (tertiary/aromatic N) is 7. The van der Waals surface area contributed by atoms with Gasteiger partial charge in [0.05, 0.1) is 18.8 Å². The quantitative estimate of drug-likeness (QED) is 0.295. The van der Waals surface area contributed by atoms with Gasteiger partial charge in [-0.2, -0.15) is 4.98 Å². The first-order valence-corrected chi connectivity index (χ1v) is 14.9. The number of hydrogen-bond donors (Lipinski definition) is 1. The smallest absolute Gasteiger partial charge is 0.407 e. The van der Waals surface area contributed by atoms with Gasteiger partial charge in [-0.05, 0) is 59.6 Å². The van der Waals surface area contributed by atoms with Crippen LogP contribution in [0, 0.1) is 18.8 Å². The van der Waals surface area contributed by atoms with Crippen molar-refractivity contribution in [1.82, 2.24) is 34.0 Å². The van der Waals surface area contributed by atoms with E-state index in [2.05, 4.69) is 22.1 Å². The number of aryl methyl sites for hydroxylation is 2. The van der Waals surface area contributed by atoms with Crippen LogP contribution >= 0.6 is 0 Å². The van der Waals surface area contributed by atoms with E-state index < -0.39 is 22.9 Å². The third-order valence-corrected chi connectivity index (χ3v) is 7.79. The molecule has 0 radical (unpaired) electrons. The van der Waals surface area contributed by atoms with E-state index in [0.29, 0.717) is 47.2 Å². The standard InChI is InChI=1S/C32H36N8O5/c1-7-8-16-39-25-27(36-29(39)38-15-11-12-20(17-38)34-30(42)45-32(3,4)5)37(6)31(43)40(28(25)41)18-23-33-19(2)26-24(35-23)21-13-9-10-14-22(21)44-26/h9-10,13-14,20H,11-12,15-18H2,1-6H3,(H,34,42). The molecule has 1 fully saturated rings. The number of amides is 1. The van der Waals surface area contributed by atoms with E-state index in [0.717, 1.165) is 22.8 Å². The second kappa shape index (κ2) is 11.4. The van der Waals surface area contributed by atoms with Crippen LogP contribution in [0.25, 0.3) is 33.2 Å². The molecule has 1 saturated heterocycles. The molecule has 0 saturated carbocycles. The van der Waals surface area contributed by atoms with Gasteiger partial charge in [0.15, 0.2) is 16.7 Å². The second-order valence-corrected chi connectivity index (χ2v) is 12.3. The molecular weight excluding hydrogens is 576 g/mol. The number of benzene rings is 1. The Hall–Kier alpha value is -5.12. The Bertz CT molecular complexity index is 2140. The second-order valence-electron chi connectivity index (χ2n) is 12.3. The maximum atomic E-state index is 14.1. The number of rotatable bonds is 5. The van der Waals surface area contributed by atoms with Crippen LogP contribution in [-0.2, 0) is 24.9 Å². The van der Waals surface area contributed by atoms with Crippen molar-refractivity contribution >= 4 is 45.3 Å². The number of anilines is 1. The molecule has 1 aliphatic heterocycles. The number of alkyl carbamates (subject to hydrolysis) is 1. The Kier molecular flexibility index (Phi) is 7.60. The first-order valence-electron chi connectivity index (χ1n) is 14.9. The molecular formula is C32H36N8O5. The molecule has 45 heavy (non-hydrogen) atoms. The van der Waals surface area contributed by atoms with E-state index >= 15 is 0 Å². The summed E-state index contributed by atoms with van der Waals surface area (Å²) in [6, 6.07) is 7.37. The fourth-order valence-electron chi connectivity index (χ4n) is 5.80. The van der Waals surface area contributed by atoms with Crippen molar-refractivity contribution in [2.75, 3.05) is 18.0 Å². The van der Waals surface area contributed by atoms with E-state index in [-0.39, 0.29) is 30.3 Å². The summed E-state index contributed by atoms with van der Waals surface area (Å²) in [4.78, 5) is 56.3. The average molecular weight is 613 g/mol. The molecule has 1 aromatic carbocycles. The fraction of sp³-hybridized carbons (Fsp3) is 0.438. The molecule has 4 aromatic heterocycles. The van der Waals surface area contributed by atoms with Crippen LogP contribution < -0.4 is 21.5 Å². The van der Waals surface area contributed by atoms with Gasteiger partial charge < -0.3 is 19.4 Å². The zero-order valence-corrected chi connectivity index (χ0v) is 26.3. The number of para-hydroxylation sites is 1. The predicted molar refractivity (Wildman–Crippen MR) is 170 cm³/mol. The topological polar surface area (TPSA) is 142 Å². The number of ether oxygens (including phenoxy) is 1. The summed E-state index contributed by atoms with van der Waals surface area (Å²) < 4.78 is 15.7. The van der Waals surface area contributed by atoms with Crippen LogP contribution in [0.1, 0.15) is 52.1 Å². The highest BCUT2D eigenvalue weighted by atomic mass is 16.6. The van der Waals surface area contributed by atoms with Crippen LogP contribution in [0.2, 0.25) is 0 Å². The van der Waals surface area contributed by atoms with Gasteiger partial charge in [0.25, 0.3) is 5.56 Å². The summed E-state index contributed by atoms with van der Waals surface area (Å²) in [6.07, 6.45) is 1.07. The zero-order valence-electron chi connectivity index (χ0n) is 26.3. The maximum absolute atomic E-state index is 14.1. The SMILES string of the molecule is CC#CCn1c(N2CCCC(NC(=O)OC(C)(C)C)C2)nc2c1c(=O)n(Cc1nc(C)c3oc4ccccc4c3n1)c(=O)n2C. The molecule has 1 aliphatic rings. The number of piperidine rings is 1. The van der Waals surface area contributed by atoms with Gasteiger partial charge in [-0.25, -0.2) is 19.6 Å². The van der Waals surface area contributed by atoms with Crippen molar-refractivity contribution in [3.8, 4) is 11.8 Å². The molecule has 1 unspecified atom stereocenters. The number of carbonyl (C=O) groups is 1. The summed E-state index contributed by atoms with van der Waals surface area (Å²) >= 11 is 0. The summed E-state index contributed by atoms with van der Waals surface area (Å²) in [5.74, 6) is 6.77. The molecule has 13 heteroatoms. The van der Waals surface area contributed by atoms with Crippen LogP contribution in [0.3, 0.4) is 0 Å². The van der Waals surface area contributed by atoms with Crippen molar-refractivity contribution in [2.45, 2.75) is 72.2 Å². The van der Waals surface area contributed by atoms with E-state index in [1.54, 1.807) is 18.5 Å². The maximum Gasteiger partial charge on any atom is 0.407 e. The fourth-order valence-corrected chi connectivity index (χ4v) is 5.80. The minimum atomic E-state index is -0.613. The highest BCUT2D eigenvalue weighted by molar-refractivity contribution is 6.02. The average Bonchev–Trinajstić information content (AvgIpc) is 3.56. The third-order valence-electron chi connectivity index (χ3n) is 7.79. The van der Waals surface area contributed by atoms with Crippen molar-refractivity contribution in [1.29, 1.82) is 0 Å². The van der Waals surface area contributed by atoms with E-state index in [9.17, 15) is 14.4 Å². The van der Waals surface area contributed by atoms with Gasteiger partial charge in [-0.15, -0.1) is 5.92 Å². The predicted octanol–water partition coefficient (Wildman–Crippen LogP) is 3.46. The van der Waals surface area contributed by atoms with Crippen LogP contribution in [0.4, 0.5) is 10.7 Å². The Morgan fingerprint density at radius 2 is 1.93 bits per heavy atom. The Labute approximate surface area is 258 Å². The molecule has 1 amide bonds. The van der Waals surface area contributed by atoms with Gasteiger partial charge in [-0.1, -0.05) is 18.1 Å². The van der Waals surface area contributed by atoms with E-state index in [4.69, 9.17) is 19.1 Å². The highest BCUT2D eigenvalue weighted by Gasteiger charge is 2.29. The Morgan fingerprint density at radius 1 is 1.16 bits per heavy atom. The van der Waals surface area contributed by atoms with Crippen molar-refractivity contribution in [3.63, 3.8) is 0 Å². The summed E-state index contributed by atoms with van der Waals surface area (Å²) in [7, 11) is 1.59. The minimum Gasteiger partial charge on any atom is -0.452 e. The van der Waals surface area contributed by atoms with Crippen molar-refractivity contribution in [3.05, 3.63) is 56.6 Å². The number of furan rings is 1. The van der Waals surface area contributed by atoms with Crippen LogP contribution in [-0.4, -0.2) is 59.5 Å². The third kappa shape index (κ3) is 5.63. The molecule has 5 aromatic rings. The van der Waals surface area contributed by atoms with Gasteiger partial charge in [0.1, 0.15) is 22.5 Å². The minimum absolute atomic E-state index is 0.136. The molecule has 0 bridgehead atoms. The highest BCUT2D eigenvalue weighted by Crippen LogP contribution is 2.29. The lowest BCUT2D eigenvalue weighted by atomic mass is 10.1. The first kappa shape index (κ1) is 29.9. The molecule has 0 aliphatic carbocycles. The summed E-state index contributed by atoms with van der Waals surface area (Å²) in [6.45, 7) is 10.2. The van der Waals surface area contributed by atoms with Gasteiger partial charge in [-0.3, -0.25) is 18.5 Å². The largest absolute Gasteiger partial charge is 0.452 e. The Balaban J connectivity index is 1.41. The van der Waals surface area contributed by atoms with Gasteiger partial charge in [0, 0.05) is 31.6 Å². The molecule has 6 rings (SSSR count). The van der Waals surface area contributed by atoms with Crippen molar-refractivity contribution in [2.24, 2.45) is 7.05 Å². The molecule has 1 N–H and O–H groups in total. The van der Waals surface area contributed by atoms with E-state index in [1.165, 1.54) is 4.57 Å². The summed E-state index contributed by atoms with van der Waals surface area (Å²) in [5.41, 5.74) is 1.34. The molecule has 1 atom stereocenters. The number of aromatic nitrogens is 6. The van der Waals surface area contributed by atoms with Gasteiger partial charge >= 0.3 is 11.8 Å². The lowest BCUT2D eigenvalue weighted by molar-refractivity contribution is 0.0499. The lowest BCUT2D eigenvalue weighted by Crippen LogP contribution is -2.49. The number of hydrogen-bond acceptors (Lipinski definition) is 9. The lowest BCUT2D eigenvalue weighted by Gasteiger charge is -2.34. The van der Waals surface area contributed by atoms with Crippen molar-refractivity contribution < 1.29 is 13.9 Å².